The molecule has 0 aliphatic rings. The molecule has 31 heavy (non-hydrogen) atoms. The van der Waals surface area contributed by atoms with Crippen LogP contribution >= 0.6 is 0 Å². The average molecular weight is 418 g/mol. The summed E-state index contributed by atoms with van der Waals surface area (Å²) in [5, 5.41) is 11.3. The first kappa shape index (κ1) is 20.5. The van der Waals surface area contributed by atoms with Crippen LogP contribution in [0.15, 0.2) is 54.6 Å². The van der Waals surface area contributed by atoms with Crippen LogP contribution < -0.4 is 14.8 Å². The number of carbonyl (C=O) groups is 1. The molecule has 0 atom stereocenters. The Morgan fingerprint density at radius 2 is 1.94 bits per heavy atom. The summed E-state index contributed by atoms with van der Waals surface area (Å²) in [4.78, 5) is 12.6. The number of rotatable bonds is 8. The van der Waals surface area contributed by atoms with Crippen molar-refractivity contribution >= 4 is 16.8 Å². The van der Waals surface area contributed by atoms with Gasteiger partial charge in [0.05, 0.1) is 19.9 Å². The Morgan fingerprint density at radius 3 is 2.74 bits per heavy atom. The van der Waals surface area contributed by atoms with Gasteiger partial charge in [-0.3, -0.25) is 9.89 Å². The molecule has 2 N–H and O–H groups in total. The molecule has 2 heterocycles. The van der Waals surface area contributed by atoms with Crippen molar-refractivity contribution in [1.82, 2.24) is 20.1 Å². The molecule has 0 radical (unpaired) electrons. The van der Waals surface area contributed by atoms with Crippen molar-refractivity contribution in [2.24, 2.45) is 0 Å². The highest BCUT2D eigenvalue weighted by Crippen LogP contribution is 2.32. The van der Waals surface area contributed by atoms with E-state index in [4.69, 9.17) is 9.47 Å². The van der Waals surface area contributed by atoms with E-state index >= 15 is 0 Å². The van der Waals surface area contributed by atoms with E-state index in [-0.39, 0.29) is 5.91 Å². The fourth-order valence-electron chi connectivity index (χ4n) is 3.77. The van der Waals surface area contributed by atoms with Crippen molar-refractivity contribution in [3.8, 4) is 22.8 Å². The second-order valence-corrected chi connectivity index (χ2v) is 7.34. The monoisotopic (exact) mass is 418 g/mol. The first-order valence-corrected chi connectivity index (χ1v) is 10.2. The standard InChI is InChI=1S/C24H26N4O3/c1-16-13-17-7-4-5-8-22(17)28(16)12-6-11-25-24(29)21-15-20(26-27-21)19-14-18(30-2)9-10-23(19)31-3/h4-5,7-10,13-15H,6,11-12H2,1-3H3,(H,25,29)(H,26,27). The maximum atomic E-state index is 12.6. The minimum atomic E-state index is -0.185. The highest BCUT2D eigenvalue weighted by molar-refractivity contribution is 5.93. The van der Waals surface area contributed by atoms with E-state index in [1.165, 1.54) is 16.6 Å². The zero-order chi connectivity index (χ0) is 21.8. The molecule has 0 bridgehead atoms. The van der Waals surface area contributed by atoms with Crippen LogP contribution in [0.2, 0.25) is 0 Å². The van der Waals surface area contributed by atoms with E-state index in [1.54, 1.807) is 20.3 Å². The summed E-state index contributed by atoms with van der Waals surface area (Å²) >= 11 is 0. The van der Waals surface area contributed by atoms with Crippen molar-refractivity contribution in [3.05, 3.63) is 66.0 Å². The SMILES string of the molecule is COc1ccc(OC)c(-c2cc(C(=O)NCCCn3c(C)cc4ccccc43)[nH]n2)c1. The van der Waals surface area contributed by atoms with Crippen LogP contribution in [0.5, 0.6) is 11.5 Å². The second kappa shape index (κ2) is 8.95. The molecule has 1 amide bonds. The molecule has 7 nitrogen and oxygen atoms in total. The minimum absolute atomic E-state index is 0.185. The predicted octanol–water partition coefficient (Wildman–Crippen LogP) is 4.18. The average Bonchev–Trinajstić information content (AvgIpc) is 3.41. The molecule has 0 aliphatic carbocycles. The fourth-order valence-corrected chi connectivity index (χ4v) is 3.77. The number of nitrogens with zero attached hydrogens (tertiary/aromatic N) is 2. The Kier molecular flexibility index (Phi) is 5.93. The largest absolute Gasteiger partial charge is 0.497 e. The number of aryl methyl sites for hydroxylation is 2. The lowest BCUT2D eigenvalue weighted by molar-refractivity contribution is 0.0948. The lowest BCUT2D eigenvalue weighted by Crippen LogP contribution is -2.25. The third-order valence-corrected chi connectivity index (χ3v) is 5.37. The van der Waals surface area contributed by atoms with Gasteiger partial charge in [-0.2, -0.15) is 5.10 Å². The number of fused-ring (bicyclic) bond motifs is 1. The van der Waals surface area contributed by atoms with Crippen LogP contribution in [0.1, 0.15) is 22.6 Å². The Labute approximate surface area is 181 Å². The zero-order valence-electron chi connectivity index (χ0n) is 17.9. The van der Waals surface area contributed by atoms with E-state index < -0.39 is 0 Å². The molecule has 0 saturated carbocycles. The number of H-pyrrole nitrogens is 1. The number of hydrogen-bond donors (Lipinski definition) is 2. The van der Waals surface area contributed by atoms with Crippen molar-refractivity contribution in [2.45, 2.75) is 19.9 Å². The minimum Gasteiger partial charge on any atom is -0.497 e. The van der Waals surface area contributed by atoms with Crippen molar-refractivity contribution in [1.29, 1.82) is 0 Å². The quantitative estimate of drug-likeness (QED) is 0.421. The van der Waals surface area contributed by atoms with Gasteiger partial charge in [0.2, 0.25) is 0 Å². The molecule has 160 valence electrons. The molecular weight excluding hydrogens is 392 g/mol. The van der Waals surface area contributed by atoms with Gasteiger partial charge in [0, 0.05) is 29.9 Å². The number of amides is 1. The lowest BCUT2D eigenvalue weighted by Gasteiger charge is -2.09. The van der Waals surface area contributed by atoms with Crippen LogP contribution in [-0.2, 0) is 6.54 Å². The maximum absolute atomic E-state index is 12.6. The van der Waals surface area contributed by atoms with Gasteiger partial charge >= 0.3 is 0 Å². The van der Waals surface area contributed by atoms with Gasteiger partial charge in [-0.15, -0.1) is 0 Å². The third-order valence-electron chi connectivity index (χ3n) is 5.37. The van der Waals surface area contributed by atoms with Crippen molar-refractivity contribution in [2.75, 3.05) is 20.8 Å². The molecule has 0 aliphatic heterocycles. The zero-order valence-corrected chi connectivity index (χ0v) is 17.9. The molecule has 0 unspecified atom stereocenters. The Morgan fingerprint density at radius 1 is 1.10 bits per heavy atom. The normalized spacial score (nSPS) is 10.9. The molecule has 2 aromatic heterocycles. The van der Waals surface area contributed by atoms with Gasteiger partial charge in [-0.05, 0) is 55.1 Å². The van der Waals surface area contributed by atoms with E-state index in [0.29, 0.717) is 29.4 Å². The Hall–Kier alpha value is -3.74. The molecule has 0 spiro atoms. The topological polar surface area (TPSA) is 81.2 Å². The maximum Gasteiger partial charge on any atom is 0.269 e. The summed E-state index contributed by atoms with van der Waals surface area (Å²) in [6.07, 6.45) is 0.829. The van der Waals surface area contributed by atoms with E-state index in [9.17, 15) is 4.79 Å². The Bertz CT molecular complexity index is 1210. The molecule has 7 heteroatoms. The van der Waals surface area contributed by atoms with E-state index in [2.05, 4.69) is 45.2 Å². The summed E-state index contributed by atoms with van der Waals surface area (Å²) in [6.45, 7) is 3.52. The number of benzene rings is 2. The summed E-state index contributed by atoms with van der Waals surface area (Å²) in [5.74, 6) is 1.17. The summed E-state index contributed by atoms with van der Waals surface area (Å²) in [5.41, 5.74) is 4.22. The highest BCUT2D eigenvalue weighted by atomic mass is 16.5. The molecular formula is C24H26N4O3. The summed E-state index contributed by atoms with van der Waals surface area (Å²) in [7, 11) is 3.20. The highest BCUT2D eigenvalue weighted by Gasteiger charge is 2.15. The number of aromatic nitrogens is 3. The molecule has 0 fully saturated rings. The van der Waals surface area contributed by atoms with Crippen LogP contribution in [0.4, 0.5) is 0 Å². The summed E-state index contributed by atoms with van der Waals surface area (Å²) in [6, 6.07) is 17.7. The van der Waals surface area contributed by atoms with E-state index in [1.807, 2.05) is 30.3 Å². The molecule has 4 rings (SSSR count). The van der Waals surface area contributed by atoms with Gasteiger partial charge < -0.3 is 19.4 Å². The number of methoxy groups -OCH3 is 2. The number of carbonyl (C=O) groups excluding carboxylic acids is 1. The number of ether oxygens (including phenoxy) is 2. The van der Waals surface area contributed by atoms with Gasteiger partial charge in [-0.1, -0.05) is 18.2 Å². The van der Waals surface area contributed by atoms with Crippen LogP contribution in [0.25, 0.3) is 22.2 Å². The van der Waals surface area contributed by atoms with Gasteiger partial charge in [-0.25, -0.2) is 0 Å². The van der Waals surface area contributed by atoms with Crippen molar-refractivity contribution in [3.63, 3.8) is 0 Å². The number of hydrogen-bond acceptors (Lipinski definition) is 4. The van der Waals surface area contributed by atoms with Gasteiger partial charge in [0.25, 0.3) is 5.91 Å². The van der Waals surface area contributed by atoms with E-state index in [0.717, 1.165) is 18.5 Å². The number of para-hydroxylation sites is 1. The van der Waals surface area contributed by atoms with Crippen LogP contribution in [0.3, 0.4) is 0 Å². The Balaban J connectivity index is 1.38. The molecule has 4 aromatic rings. The molecule has 2 aromatic carbocycles. The second-order valence-electron chi connectivity index (χ2n) is 7.34. The first-order valence-electron chi connectivity index (χ1n) is 10.2. The number of nitrogens with one attached hydrogen (secondary N) is 2. The fraction of sp³-hybridized carbons (Fsp3) is 0.250. The van der Waals surface area contributed by atoms with Crippen LogP contribution in [-0.4, -0.2) is 41.4 Å². The van der Waals surface area contributed by atoms with Gasteiger partial charge in [0.15, 0.2) is 0 Å². The van der Waals surface area contributed by atoms with Gasteiger partial charge in [0.1, 0.15) is 17.2 Å². The van der Waals surface area contributed by atoms with Crippen molar-refractivity contribution < 1.29 is 14.3 Å². The smallest absolute Gasteiger partial charge is 0.269 e. The molecule has 0 saturated heterocycles. The first-order chi connectivity index (χ1) is 15.1. The van der Waals surface area contributed by atoms with Crippen LogP contribution in [0, 0.1) is 6.92 Å². The third kappa shape index (κ3) is 4.26. The number of aromatic amines is 1. The summed E-state index contributed by atoms with van der Waals surface area (Å²) < 4.78 is 13.0. The lowest BCUT2D eigenvalue weighted by atomic mass is 10.1. The predicted molar refractivity (Wildman–Crippen MR) is 121 cm³/mol.